The summed E-state index contributed by atoms with van der Waals surface area (Å²) in [6.07, 6.45) is 24.9. The van der Waals surface area contributed by atoms with E-state index in [0.29, 0.717) is 11.7 Å². The molecule has 7 heteroatoms. The minimum absolute atomic E-state index is 0.460. The summed E-state index contributed by atoms with van der Waals surface area (Å²) in [5, 5.41) is 16.6. The van der Waals surface area contributed by atoms with Crippen molar-refractivity contribution in [3.63, 3.8) is 0 Å². The van der Waals surface area contributed by atoms with Crippen LogP contribution in [0.2, 0.25) is 0 Å². The first-order valence-electron chi connectivity index (χ1n) is 18.2. The van der Waals surface area contributed by atoms with E-state index < -0.39 is 0 Å². The maximum Gasteiger partial charge on any atom is 0.232 e. The van der Waals surface area contributed by atoms with Crippen molar-refractivity contribution < 1.29 is 5.11 Å². The van der Waals surface area contributed by atoms with Gasteiger partial charge < -0.3 is 10.4 Å². The van der Waals surface area contributed by atoms with Crippen molar-refractivity contribution in [2.45, 2.75) is 180 Å². The van der Waals surface area contributed by atoms with Crippen molar-refractivity contribution in [1.82, 2.24) is 15.0 Å². The topological polar surface area (TPSA) is 70.9 Å². The van der Waals surface area contributed by atoms with E-state index in [4.69, 9.17) is 15.0 Å². The lowest BCUT2D eigenvalue weighted by Crippen LogP contribution is -2.09. The number of benzene rings is 1. The van der Waals surface area contributed by atoms with Gasteiger partial charge >= 0.3 is 0 Å². The molecule has 0 fully saturated rings. The summed E-state index contributed by atoms with van der Waals surface area (Å²) in [6, 6.07) is 2.02. The van der Waals surface area contributed by atoms with Crippen LogP contribution in [0.3, 0.4) is 0 Å². The lowest BCUT2D eigenvalue weighted by molar-refractivity contribution is 0.464. The van der Waals surface area contributed by atoms with Gasteiger partial charge in [0.2, 0.25) is 5.95 Å². The van der Waals surface area contributed by atoms with Crippen LogP contribution < -0.4 is 5.32 Å². The Labute approximate surface area is 279 Å². The van der Waals surface area contributed by atoms with E-state index >= 15 is 0 Å². The molecule has 0 aliphatic rings. The van der Waals surface area contributed by atoms with E-state index in [0.717, 1.165) is 90.9 Å². The fourth-order valence-corrected chi connectivity index (χ4v) is 7.26. The minimum Gasteiger partial charge on any atom is -0.508 e. The predicted octanol–water partition coefficient (Wildman–Crippen LogP) is 12.3. The number of anilines is 2. The van der Waals surface area contributed by atoms with Crippen molar-refractivity contribution >= 4 is 35.2 Å². The van der Waals surface area contributed by atoms with Gasteiger partial charge in [0.1, 0.15) is 5.75 Å². The summed E-state index contributed by atoms with van der Waals surface area (Å²) in [4.78, 5) is 14.8. The summed E-state index contributed by atoms with van der Waals surface area (Å²) in [5.41, 5.74) is 4.67. The molecule has 5 nitrogen and oxygen atoms in total. The normalized spacial score (nSPS) is 11.4. The highest BCUT2D eigenvalue weighted by Gasteiger charge is 2.19. The zero-order chi connectivity index (χ0) is 31.8. The second-order valence-corrected chi connectivity index (χ2v) is 14.4. The number of phenolic OH excluding ortho intramolecular Hbond substituents is 1. The van der Waals surface area contributed by atoms with E-state index in [1.807, 2.05) is 6.07 Å². The quantitative estimate of drug-likeness (QED) is 0.0569. The van der Waals surface area contributed by atoms with Gasteiger partial charge in [0.25, 0.3) is 0 Å². The van der Waals surface area contributed by atoms with Gasteiger partial charge in [0, 0.05) is 17.2 Å². The van der Waals surface area contributed by atoms with Gasteiger partial charge in [0.05, 0.1) is 0 Å². The molecule has 1 aromatic carbocycles. The average molecular weight is 645 g/mol. The van der Waals surface area contributed by atoms with Crippen LogP contribution in [-0.2, 0) is 19.3 Å². The molecular weight excluding hydrogens is 581 g/mol. The summed E-state index contributed by atoms with van der Waals surface area (Å²) in [5.74, 6) is 3.20. The first kappa shape index (κ1) is 38.7. The van der Waals surface area contributed by atoms with E-state index in [-0.39, 0.29) is 0 Å². The molecule has 0 aliphatic carbocycles. The second kappa shape index (κ2) is 24.7. The predicted molar refractivity (Wildman–Crippen MR) is 195 cm³/mol. The number of aryl methyl sites for hydroxylation is 1. The van der Waals surface area contributed by atoms with Crippen LogP contribution in [-0.4, -0.2) is 31.6 Å². The van der Waals surface area contributed by atoms with Crippen LogP contribution in [0.4, 0.5) is 11.6 Å². The lowest BCUT2D eigenvalue weighted by atomic mass is 9.91. The van der Waals surface area contributed by atoms with Crippen LogP contribution in [0.1, 0.15) is 167 Å². The Kier molecular flexibility index (Phi) is 21.8. The van der Waals surface area contributed by atoms with Gasteiger partial charge in [-0.25, -0.2) is 0 Å². The monoisotopic (exact) mass is 644 g/mol. The van der Waals surface area contributed by atoms with E-state index in [9.17, 15) is 5.11 Å². The fraction of sp³-hybridized carbons (Fsp3) is 0.757. The second-order valence-electron chi connectivity index (χ2n) is 12.3. The van der Waals surface area contributed by atoms with Crippen molar-refractivity contribution in [3.8, 4) is 5.75 Å². The van der Waals surface area contributed by atoms with E-state index in [1.54, 1.807) is 23.5 Å². The molecule has 0 bridgehead atoms. The molecule has 0 spiro atoms. The Bertz CT molecular complexity index is 997. The molecular formula is C37H64N4OS2. The Morgan fingerprint density at radius 3 is 1.52 bits per heavy atom. The fourth-order valence-electron chi connectivity index (χ4n) is 5.53. The standard InChI is InChI=1S/C37H64N4OS2/c1-6-11-16-18-20-22-27-43-36-39-35(40-37(41-36)44-28-23-21-19-17-12-7-2)38-34-30(24-13-8-3)29-33(42)31(25-14-9-4)32(34)26-15-10-5/h29,42H,6-28H2,1-5H3,(H,38,39,40,41). The molecule has 0 amide bonds. The van der Waals surface area contributed by atoms with Crippen LogP contribution in [0, 0.1) is 0 Å². The number of aromatic hydroxyl groups is 1. The SMILES string of the molecule is CCCCCCCCSc1nc(Nc2c(CCCC)cc(O)c(CCCC)c2CCCC)nc(SCCCCCCCC)n1. The van der Waals surface area contributed by atoms with Gasteiger partial charge in [0.15, 0.2) is 10.3 Å². The summed E-state index contributed by atoms with van der Waals surface area (Å²) in [7, 11) is 0. The molecule has 250 valence electrons. The molecule has 2 rings (SSSR count). The zero-order valence-electron chi connectivity index (χ0n) is 28.9. The summed E-state index contributed by atoms with van der Waals surface area (Å²) < 4.78 is 0. The number of thioether (sulfide) groups is 2. The van der Waals surface area contributed by atoms with Gasteiger partial charge in [-0.05, 0) is 74.1 Å². The maximum atomic E-state index is 11.2. The average Bonchev–Trinajstić information content (AvgIpc) is 3.02. The first-order valence-corrected chi connectivity index (χ1v) is 20.2. The highest BCUT2D eigenvalue weighted by atomic mass is 32.2. The number of phenols is 1. The van der Waals surface area contributed by atoms with Gasteiger partial charge in [-0.3, -0.25) is 0 Å². The number of nitrogens with one attached hydrogen (secondary N) is 1. The third-order valence-corrected chi connectivity index (χ3v) is 10.1. The third kappa shape index (κ3) is 15.2. The number of unbranched alkanes of at least 4 members (excludes halogenated alkanes) is 13. The van der Waals surface area contributed by atoms with Gasteiger partial charge in [-0.2, -0.15) is 15.0 Å². The van der Waals surface area contributed by atoms with Crippen molar-refractivity contribution in [3.05, 3.63) is 22.8 Å². The summed E-state index contributed by atoms with van der Waals surface area (Å²) >= 11 is 3.55. The first-order chi connectivity index (χ1) is 21.6. The van der Waals surface area contributed by atoms with Crippen LogP contribution >= 0.6 is 23.5 Å². The molecule has 0 atom stereocenters. The molecule has 0 aliphatic heterocycles. The number of aromatic nitrogens is 3. The van der Waals surface area contributed by atoms with E-state index in [1.165, 1.54) is 88.2 Å². The molecule has 0 saturated heterocycles. The molecule has 0 saturated carbocycles. The molecule has 0 unspecified atom stereocenters. The highest BCUT2D eigenvalue weighted by molar-refractivity contribution is 7.99. The Morgan fingerprint density at radius 1 is 0.545 bits per heavy atom. The van der Waals surface area contributed by atoms with Crippen LogP contribution in [0.5, 0.6) is 5.75 Å². The molecule has 0 radical (unpaired) electrons. The number of rotatable bonds is 27. The zero-order valence-corrected chi connectivity index (χ0v) is 30.6. The Morgan fingerprint density at radius 2 is 1.00 bits per heavy atom. The Hall–Kier alpha value is -1.47. The largest absolute Gasteiger partial charge is 0.508 e. The van der Waals surface area contributed by atoms with Crippen LogP contribution in [0.15, 0.2) is 16.4 Å². The van der Waals surface area contributed by atoms with Crippen molar-refractivity contribution in [2.75, 3.05) is 16.8 Å². The Balaban J connectivity index is 2.34. The lowest BCUT2D eigenvalue weighted by Gasteiger charge is -2.21. The molecule has 1 aromatic heterocycles. The number of hydrogen-bond acceptors (Lipinski definition) is 7. The number of hydrogen-bond donors (Lipinski definition) is 2. The van der Waals surface area contributed by atoms with E-state index in [2.05, 4.69) is 39.9 Å². The molecule has 2 N–H and O–H groups in total. The van der Waals surface area contributed by atoms with Crippen molar-refractivity contribution in [1.29, 1.82) is 0 Å². The highest BCUT2D eigenvalue weighted by Crippen LogP contribution is 2.37. The van der Waals surface area contributed by atoms with Crippen LogP contribution in [0.25, 0.3) is 0 Å². The minimum atomic E-state index is 0.460. The maximum absolute atomic E-state index is 11.2. The van der Waals surface area contributed by atoms with Gasteiger partial charge in [-0.1, -0.05) is 142 Å². The van der Waals surface area contributed by atoms with Gasteiger partial charge in [-0.15, -0.1) is 0 Å². The molecule has 44 heavy (non-hydrogen) atoms. The molecule has 2 aromatic rings. The van der Waals surface area contributed by atoms with Crippen molar-refractivity contribution in [2.24, 2.45) is 0 Å². The summed E-state index contributed by atoms with van der Waals surface area (Å²) in [6.45, 7) is 11.2. The number of nitrogens with zero attached hydrogens (tertiary/aromatic N) is 3. The smallest absolute Gasteiger partial charge is 0.232 e. The third-order valence-electron chi connectivity index (χ3n) is 8.26. The molecule has 1 heterocycles.